The van der Waals surface area contributed by atoms with Crippen LogP contribution >= 0.6 is 15.9 Å². The number of nitrogens with zero attached hydrogens (tertiary/aromatic N) is 3. The van der Waals surface area contributed by atoms with Crippen LogP contribution in [0.2, 0.25) is 0 Å². The van der Waals surface area contributed by atoms with Crippen molar-refractivity contribution in [3.05, 3.63) is 63.9 Å². The van der Waals surface area contributed by atoms with Gasteiger partial charge in [0.15, 0.2) is 0 Å². The molecule has 8 nitrogen and oxygen atoms in total. The summed E-state index contributed by atoms with van der Waals surface area (Å²) in [6.45, 7) is 7.11. The van der Waals surface area contributed by atoms with Crippen LogP contribution in [-0.4, -0.2) is 28.8 Å². The van der Waals surface area contributed by atoms with Crippen LogP contribution in [-0.2, 0) is 6.54 Å². The number of nitrogens with one attached hydrogen (secondary N) is 1. The lowest BCUT2D eigenvalue weighted by molar-refractivity contribution is -0.207. The maximum Gasteiger partial charge on any atom is 0.322 e. The van der Waals surface area contributed by atoms with Gasteiger partial charge in [-0.15, -0.1) is 5.53 Å². The summed E-state index contributed by atoms with van der Waals surface area (Å²) >= 11 is 3.27. The number of rotatable bonds is 5. The van der Waals surface area contributed by atoms with Crippen molar-refractivity contribution in [2.24, 2.45) is 27.2 Å². The van der Waals surface area contributed by atoms with Gasteiger partial charge in [-0.3, -0.25) is 4.79 Å². The standard InChI is InChI=1S/C26H32BrFN6O2/c1-26(2,3)18-8-10-22(11-9-18)34(25(36)31-21-13-19(27)12-20(28)14-21)15-16-4-6-17(7-5-16)23(35)32-24(29)33-30/h4-7,12-14,18,22,30H,8-11,15H2,1-3H3,(H,31,36)(H2,29,32,35)/p+1. The molecular formula is C26H33BrFN6O2+. The van der Waals surface area contributed by atoms with Crippen molar-refractivity contribution in [2.75, 3.05) is 5.32 Å². The first-order valence-electron chi connectivity index (χ1n) is 11.9. The molecule has 10 heteroatoms. The molecular weight excluding hydrogens is 527 g/mol. The van der Waals surface area contributed by atoms with Crippen LogP contribution in [0.3, 0.4) is 0 Å². The van der Waals surface area contributed by atoms with Crippen molar-refractivity contribution in [3.63, 3.8) is 0 Å². The van der Waals surface area contributed by atoms with Gasteiger partial charge in [-0.25, -0.2) is 9.18 Å². The third-order valence-electron chi connectivity index (χ3n) is 6.64. The monoisotopic (exact) mass is 559 g/mol. The second-order valence-corrected chi connectivity index (χ2v) is 11.1. The fourth-order valence-corrected chi connectivity index (χ4v) is 5.05. The molecule has 0 aromatic heterocycles. The number of aliphatic imine (C=N–C) groups is 1. The molecule has 3 rings (SSSR count). The van der Waals surface area contributed by atoms with E-state index in [2.05, 4.69) is 52.1 Å². The quantitative estimate of drug-likeness (QED) is 0.274. The van der Waals surface area contributed by atoms with E-state index >= 15 is 0 Å². The van der Waals surface area contributed by atoms with Gasteiger partial charge >= 0.3 is 6.03 Å². The Labute approximate surface area is 219 Å². The zero-order valence-corrected chi connectivity index (χ0v) is 22.4. The Hall–Kier alpha value is -3.14. The molecule has 1 saturated carbocycles. The third kappa shape index (κ3) is 7.43. The van der Waals surface area contributed by atoms with E-state index in [4.69, 9.17) is 11.3 Å². The van der Waals surface area contributed by atoms with Crippen LogP contribution in [0.25, 0.3) is 0 Å². The summed E-state index contributed by atoms with van der Waals surface area (Å²) in [5.74, 6) is -0.707. The maximum atomic E-state index is 13.9. The molecule has 36 heavy (non-hydrogen) atoms. The van der Waals surface area contributed by atoms with Gasteiger partial charge in [-0.1, -0.05) is 48.8 Å². The Morgan fingerprint density at radius 1 is 1.14 bits per heavy atom. The minimum Gasteiger partial charge on any atom is -0.363 e. The van der Waals surface area contributed by atoms with E-state index in [1.165, 1.54) is 12.1 Å². The number of guanidine groups is 1. The van der Waals surface area contributed by atoms with E-state index in [0.29, 0.717) is 28.2 Å². The van der Waals surface area contributed by atoms with Crippen LogP contribution in [0.15, 0.2) is 57.0 Å². The number of urea groups is 1. The molecule has 0 saturated heterocycles. The van der Waals surface area contributed by atoms with Crippen molar-refractivity contribution < 1.29 is 19.5 Å². The van der Waals surface area contributed by atoms with E-state index in [-0.39, 0.29) is 23.4 Å². The molecule has 1 aliphatic carbocycles. The van der Waals surface area contributed by atoms with E-state index in [1.54, 1.807) is 35.2 Å². The fourth-order valence-electron chi connectivity index (χ4n) is 4.59. The molecule has 5 N–H and O–H groups in total. The zero-order chi connectivity index (χ0) is 26.5. The molecule has 3 amide bonds. The smallest absolute Gasteiger partial charge is 0.322 e. The number of carbonyl (C=O) groups excluding carboxylic acids is 2. The van der Waals surface area contributed by atoms with Crippen molar-refractivity contribution in [2.45, 2.75) is 59.0 Å². The van der Waals surface area contributed by atoms with Gasteiger partial charge in [0.05, 0.1) is 0 Å². The summed E-state index contributed by atoms with van der Waals surface area (Å²) in [4.78, 5) is 31.0. The number of hydrogen-bond acceptors (Lipinski definition) is 2. The Balaban J connectivity index is 1.80. The van der Waals surface area contributed by atoms with Gasteiger partial charge in [-0.05, 0) is 72.9 Å². The molecule has 2 aromatic rings. The number of benzene rings is 2. The van der Waals surface area contributed by atoms with Crippen LogP contribution < -0.4 is 16.6 Å². The summed E-state index contributed by atoms with van der Waals surface area (Å²) in [6.07, 6.45) is 3.83. The molecule has 0 atom stereocenters. The summed E-state index contributed by atoms with van der Waals surface area (Å²) in [6, 6.07) is 10.8. The van der Waals surface area contributed by atoms with Gasteiger partial charge in [0.2, 0.25) is 0 Å². The summed E-state index contributed by atoms with van der Waals surface area (Å²) in [5, 5.41) is 6.03. The minimum absolute atomic E-state index is 0.0393. The summed E-state index contributed by atoms with van der Waals surface area (Å²) in [5.41, 5.74) is 12.2. The van der Waals surface area contributed by atoms with Crippen LogP contribution in [0, 0.1) is 17.2 Å². The SMILES string of the molecule is CC(C)(C)C1CCC(N(Cc2ccc(C(=O)N=C(N)N=[NH2+])cc2)C(=O)Nc2cc(F)cc(Br)c2)CC1. The second-order valence-electron chi connectivity index (χ2n) is 10.2. The topological polar surface area (TPSA) is 126 Å². The molecule has 0 heterocycles. The normalized spacial score (nSPS) is 18.4. The number of nitrogens with two attached hydrogens (primary N) is 2. The average Bonchev–Trinajstić information content (AvgIpc) is 2.81. The Morgan fingerprint density at radius 2 is 1.78 bits per heavy atom. The molecule has 0 unspecified atom stereocenters. The van der Waals surface area contributed by atoms with Crippen molar-refractivity contribution in [3.8, 4) is 0 Å². The highest BCUT2D eigenvalue weighted by Gasteiger charge is 2.33. The Morgan fingerprint density at radius 3 is 2.33 bits per heavy atom. The molecule has 1 aliphatic rings. The lowest BCUT2D eigenvalue weighted by atomic mass is 9.71. The first kappa shape index (κ1) is 27.4. The van der Waals surface area contributed by atoms with E-state index in [1.807, 2.05) is 0 Å². The number of amides is 3. The molecule has 0 aliphatic heterocycles. The van der Waals surface area contributed by atoms with Gasteiger partial charge in [0.1, 0.15) is 5.82 Å². The highest BCUT2D eigenvalue weighted by Crippen LogP contribution is 2.39. The predicted octanol–water partition coefficient (Wildman–Crippen LogP) is 4.89. The molecule has 0 radical (unpaired) electrons. The van der Waals surface area contributed by atoms with Gasteiger partial charge in [0, 0.05) is 33.4 Å². The van der Waals surface area contributed by atoms with Crippen LogP contribution in [0.5, 0.6) is 0 Å². The van der Waals surface area contributed by atoms with Crippen LogP contribution in [0.1, 0.15) is 62.4 Å². The molecule has 2 aromatic carbocycles. The highest BCUT2D eigenvalue weighted by molar-refractivity contribution is 9.10. The second kappa shape index (κ2) is 11.7. The minimum atomic E-state index is -0.556. The number of anilines is 1. The summed E-state index contributed by atoms with van der Waals surface area (Å²) in [7, 11) is 0. The molecule has 0 spiro atoms. The van der Waals surface area contributed by atoms with Crippen LogP contribution in [0.4, 0.5) is 14.9 Å². The molecule has 0 bridgehead atoms. The Kier molecular flexibility index (Phi) is 8.94. The van der Waals surface area contributed by atoms with Gasteiger partial charge < -0.3 is 16.0 Å². The van der Waals surface area contributed by atoms with Gasteiger partial charge in [-0.2, -0.15) is 4.99 Å². The summed E-state index contributed by atoms with van der Waals surface area (Å²) < 4.78 is 14.4. The first-order chi connectivity index (χ1) is 17.0. The number of halogens is 2. The van der Waals surface area contributed by atoms with Crippen molar-refractivity contribution in [1.82, 2.24) is 4.90 Å². The molecule has 1 fully saturated rings. The fraction of sp³-hybridized carbons (Fsp3) is 0.423. The maximum absolute atomic E-state index is 13.9. The largest absolute Gasteiger partial charge is 0.363 e. The number of carbonyl (C=O) groups is 2. The first-order valence-corrected chi connectivity index (χ1v) is 12.7. The van der Waals surface area contributed by atoms with E-state index in [9.17, 15) is 14.0 Å². The average molecular weight is 560 g/mol. The highest BCUT2D eigenvalue weighted by atomic mass is 79.9. The zero-order valence-electron chi connectivity index (χ0n) is 20.8. The van der Waals surface area contributed by atoms with E-state index in [0.717, 1.165) is 31.2 Å². The predicted molar refractivity (Wildman–Crippen MR) is 141 cm³/mol. The van der Waals surface area contributed by atoms with Gasteiger partial charge in [0.25, 0.3) is 11.9 Å². The van der Waals surface area contributed by atoms with Crippen molar-refractivity contribution in [1.29, 1.82) is 0 Å². The third-order valence-corrected chi connectivity index (χ3v) is 7.10. The lowest BCUT2D eigenvalue weighted by Crippen LogP contribution is -2.45. The number of hydrogen-bond donors (Lipinski definition) is 3. The van der Waals surface area contributed by atoms with Crippen molar-refractivity contribution >= 4 is 39.5 Å². The lowest BCUT2D eigenvalue weighted by Gasteiger charge is -2.41. The Bertz CT molecular complexity index is 1120. The van der Waals surface area contributed by atoms with E-state index < -0.39 is 11.7 Å². The molecule has 192 valence electrons.